The first-order valence-electron chi connectivity index (χ1n) is 5.64. The molecule has 0 spiro atoms. The third-order valence-electron chi connectivity index (χ3n) is 2.77. The predicted octanol–water partition coefficient (Wildman–Crippen LogP) is 3.05. The lowest BCUT2D eigenvalue weighted by molar-refractivity contribution is 0.399. The van der Waals surface area contributed by atoms with Gasteiger partial charge in [0.1, 0.15) is 23.3 Å². The molecule has 0 aliphatic rings. The number of imidazole rings is 1. The minimum atomic E-state index is -1.03. The van der Waals surface area contributed by atoms with E-state index < -0.39 is 23.0 Å². The maximum Gasteiger partial charge on any atom is 0.215 e. The first kappa shape index (κ1) is 12.5. The normalized spacial score (nSPS) is 11.0. The molecule has 0 unspecified atom stereocenters. The van der Waals surface area contributed by atoms with Gasteiger partial charge in [0.25, 0.3) is 0 Å². The zero-order valence-corrected chi connectivity index (χ0v) is 10.2. The Labute approximate surface area is 111 Å². The van der Waals surface area contributed by atoms with Crippen molar-refractivity contribution >= 4 is 11.2 Å². The number of halogens is 3. The molecule has 3 rings (SSSR count). The number of aromatic amines is 1. The van der Waals surface area contributed by atoms with Crippen LogP contribution in [0.3, 0.4) is 0 Å². The molecule has 2 aromatic heterocycles. The van der Waals surface area contributed by atoms with Gasteiger partial charge in [-0.05, 0) is 6.07 Å². The number of methoxy groups -OCH3 is 1. The summed E-state index contributed by atoms with van der Waals surface area (Å²) in [6.07, 6.45) is 0. The Morgan fingerprint density at radius 2 is 1.75 bits per heavy atom. The number of hydrogen-bond acceptors (Lipinski definition) is 3. The minimum absolute atomic E-state index is 0.0595. The van der Waals surface area contributed by atoms with Gasteiger partial charge in [0.15, 0.2) is 5.65 Å². The number of hydrogen-bond donors (Lipinski definition) is 1. The average Bonchev–Trinajstić information content (AvgIpc) is 2.79. The second-order valence-corrected chi connectivity index (χ2v) is 4.05. The predicted molar refractivity (Wildman–Crippen MR) is 65.8 cm³/mol. The molecule has 0 saturated carbocycles. The molecule has 0 saturated heterocycles. The lowest BCUT2D eigenvalue weighted by Crippen LogP contribution is -1.93. The van der Waals surface area contributed by atoms with Gasteiger partial charge in [0, 0.05) is 18.2 Å². The summed E-state index contributed by atoms with van der Waals surface area (Å²) in [6, 6.07) is 4.40. The van der Waals surface area contributed by atoms with Crippen LogP contribution in [0.15, 0.2) is 24.3 Å². The van der Waals surface area contributed by atoms with Crippen LogP contribution in [-0.4, -0.2) is 22.1 Å². The number of fused-ring (bicyclic) bond motifs is 1. The Morgan fingerprint density at radius 1 is 1.05 bits per heavy atom. The molecule has 0 aliphatic heterocycles. The lowest BCUT2D eigenvalue weighted by Gasteiger charge is -2.01. The molecule has 0 radical (unpaired) electrons. The molecule has 0 fully saturated rings. The number of nitrogens with one attached hydrogen (secondary N) is 1. The van der Waals surface area contributed by atoms with Gasteiger partial charge in [-0.15, -0.1) is 0 Å². The highest BCUT2D eigenvalue weighted by atomic mass is 19.1. The van der Waals surface area contributed by atoms with Crippen molar-refractivity contribution in [3.8, 4) is 17.3 Å². The Kier molecular flexibility index (Phi) is 2.81. The van der Waals surface area contributed by atoms with Gasteiger partial charge < -0.3 is 9.72 Å². The van der Waals surface area contributed by atoms with E-state index in [1.165, 1.54) is 7.11 Å². The first-order valence-corrected chi connectivity index (χ1v) is 5.64. The van der Waals surface area contributed by atoms with Crippen molar-refractivity contribution in [2.75, 3.05) is 7.11 Å². The summed E-state index contributed by atoms with van der Waals surface area (Å²) < 4.78 is 45.2. The van der Waals surface area contributed by atoms with Gasteiger partial charge in [-0.1, -0.05) is 0 Å². The number of H-pyrrole nitrogens is 1. The summed E-state index contributed by atoms with van der Waals surface area (Å²) in [5.41, 5.74) is 0.315. The molecule has 3 aromatic rings. The molecule has 0 amide bonds. The van der Waals surface area contributed by atoms with Gasteiger partial charge in [-0.25, -0.2) is 18.2 Å². The van der Waals surface area contributed by atoms with E-state index in [1.54, 1.807) is 12.1 Å². The summed E-state index contributed by atoms with van der Waals surface area (Å²) in [7, 11) is 1.45. The lowest BCUT2D eigenvalue weighted by atomic mass is 10.2. The maximum atomic E-state index is 13.7. The average molecular weight is 279 g/mol. The fourth-order valence-corrected chi connectivity index (χ4v) is 1.88. The molecule has 1 N–H and O–H groups in total. The maximum absolute atomic E-state index is 13.7. The van der Waals surface area contributed by atoms with E-state index in [2.05, 4.69) is 15.0 Å². The molecule has 102 valence electrons. The first-order chi connectivity index (χ1) is 9.58. The van der Waals surface area contributed by atoms with Crippen molar-refractivity contribution in [1.82, 2.24) is 15.0 Å². The Morgan fingerprint density at radius 3 is 2.40 bits per heavy atom. The van der Waals surface area contributed by atoms with Crippen LogP contribution < -0.4 is 4.74 Å². The smallest absolute Gasteiger partial charge is 0.215 e. The van der Waals surface area contributed by atoms with Crippen LogP contribution in [0.4, 0.5) is 13.2 Å². The largest absolute Gasteiger partial charge is 0.481 e. The number of aromatic nitrogens is 3. The monoisotopic (exact) mass is 279 g/mol. The molecule has 0 bridgehead atoms. The van der Waals surface area contributed by atoms with Gasteiger partial charge in [0.05, 0.1) is 18.2 Å². The van der Waals surface area contributed by atoms with Gasteiger partial charge in [0.2, 0.25) is 5.88 Å². The zero-order chi connectivity index (χ0) is 14.3. The molecule has 2 heterocycles. The molecule has 7 heteroatoms. The molecular weight excluding hydrogens is 271 g/mol. The number of rotatable bonds is 2. The Bertz CT molecular complexity index is 778. The van der Waals surface area contributed by atoms with Crippen LogP contribution in [0.2, 0.25) is 0 Å². The number of pyridine rings is 1. The molecule has 0 atom stereocenters. The van der Waals surface area contributed by atoms with E-state index in [4.69, 9.17) is 4.74 Å². The summed E-state index contributed by atoms with van der Waals surface area (Å²) in [4.78, 5) is 10.8. The molecule has 0 aliphatic carbocycles. The Balaban J connectivity index is 2.20. The Hall–Kier alpha value is -2.57. The van der Waals surface area contributed by atoms with Crippen molar-refractivity contribution in [2.45, 2.75) is 0 Å². The minimum Gasteiger partial charge on any atom is -0.481 e. The van der Waals surface area contributed by atoms with Crippen LogP contribution >= 0.6 is 0 Å². The van der Waals surface area contributed by atoms with E-state index >= 15 is 0 Å². The topological polar surface area (TPSA) is 50.8 Å². The van der Waals surface area contributed by atoms with Crippen molar-refractivity contribution in [1.29, 1.82) is 0 Å². The molecule has 20 heavy (non-hydrogen) atoms. The second kappa shape index (κ2) is 4.52. The van der Waals surface area contributed by atoms with Gasteiger partial charge in [-0.3, -0.25) is 0 Å². The summed E-state index contributed by atoms with van der Waals surface area (Å²) in [5.74, 6) is -2.78. The van der Waals surface area contributed by atoms with Gasteiger partial charge >= 0.3 is 0 Å². The molecule has 1 aromatic carbocycles. The SMILES string of the molecule is COc1ccc2[nH]c(-c3c(F)cc(F)cc3F)nc2n1. The third kappa shape index (κ3) is 1.97. The van der Waals surface area contributed by atoms with E-state index in [1.807, 2.05) is 0 Å². The van der Waals surface area contributed by atoms with Crippen LogP contribution in [0.25, 0.3) is 22.6 Å². The summed E-state index contributed by atoms with van der Waals surface area (Å²) in [5, 5.41) is 0. The highest BCUT2D eigenvalue weighted by molar-refractivity contribution is 5.76. The van der Waals surface area contributed by atoms with Gasteiger partial charge in [-0.2, -0.15) is 4.98 Å². The van der Waals surface area contributed by atoms with Crippen molar-refractivity contribution in [3.63, 3.8) is 0 Å². The van der Waals surface area contributed by atoms with Crippen LogP contribution in [0, 0.1) is 17.5 Å². The van der Waals surface area contributed by atoms with Crippen LogP contribution in [0.5, 0.6) is 5.88 Å². The van der Waals surface area contributed by atoms with E-state index in [0.717, 1.165) is 0 Å². The number of benzene rings is 1. The number of ether oxygens (including phenoxy) is 1. The third-order valence-corrected chi connectivity index (χ3v) is 2.77. The van der Waals surface area contributed by atoms with Crippen molar-refractivity contribution in [3.05, 3.63) is 41.7 Å². The summed E-state index contributed by atoms with van der Waals surface area (Å²) in [6.45, 7) is 0. The van der Waals surface area contributed by atoms with E-state index in [-0.39, 0.29) is 11.5 Å². The van der Waals surface area contributed by atoms with Crippen LogP contribution in [-0.2, 0) is 0 Å². The van der Waals surface area contributed by atoms with Crippen molar-refractivity contribution < 1.29 is 17.9 Å². The fraction of sp³-hybridized carbons (Fsp3) is 0.0769. The highest BCUT2D eigenvalue weighted by Gasteiger charge is 2.17. The van der Waals surface area contributed by atoms with Crippen LogP contribution in [0.1, 0.15) is 0 Å². The number of nitrogens with zero attached hydrogens (tertiary/aromatic N) is 2. The highest BCUT2D eigenvalue weighted by Crippen LogP contribution is 2.26. The summed E-state index contributed by atoms with van der Waals surface area (Å²) >= 11 is 0. The fourth-order valence-electron chi connectivity index (χ4n) is 1.88. The van der Waals surface area contributed by atoms with E-state index in [0.29, 0.717) is 23.5 Å². The molecule has 4 nitrogen and oxygen atoms in total. The second-order valence-electron chi connectivity index (χ2n) is 4.05. The van der Waals surface area contributed by atoms with E-state index in [9.17, 15) is 13.2 Å². The van der Waals surface area contributed by atoms with Crippen molar-refractivity contribution in [2.24, 2.45) is 0 Å². The zero-order valence-electron chi connectivity index (χ0n) is 10.2. The standard InChI is InChI=1S/C13H8F3N3O/c1-20-10-3-2-9-12(18-10)19-13(17-9)11-7(15)4-6(14)5-8(11)16/h2-5H,1H3,(H,17,18,19). The molecular formula is C13H8F3N3O. The quantitative estimate of drug-likeness (QED) is 0.784.